The zero-order valence-corrected chi connectivity index (χ0v) is 18.1. The summed E-state index contributed by atoms with van der Waals surface area (Å²) in [6.45, 7) is 0. The first-order chi connectivity index (χ1) is 12.2. The third-order valence-corrected chi connectivity index (χ3v) is 4.43. The number of benzene rings is 3. The molecule has 0 N–H and O–H groups in total. The molecule has 0 bridgehead atoms. The Labute approximate surface area is 189 Å². The van der Waals surface area contributed by atoms with Gasteiger partial charge < -0.3 is 9.11 Å². The van der Waals surface area contributed by atoms with Crippen LogP contribution < -0.4 is 0 Å². The predicted octanol–water partition coefficient (Wildman–Crippen LogP) is 2.49. The SMILES string of the molecule is O=S(=O)([O-])c1ccccc1.O=S(=O)([O-])c1ccccc1.[Ca+2].c1ccccc1. The zero-order valence-electron chi connectivity index (χ0n) is 14.2. The molecule has 3 aromatic rings. The van der Waals surface area contributed by atoms with Crippen LogP contribution in [0.1, 0.15) is 0 Å². The molecule has 6 nitrogen and oxygen atoms in total. The number of hydrogen-bond donors (Lipinski definition) is 0. The van der Waals surface area contributed by atoms with E-state index in [1.807, 2.05) is 36.4 Å². The normalized spacial score (nSPS) is 10.1. The van der Waals surface area contributed by atoms with Crippen molar-refractivity contribution in [2.45, 2.75) is 9.79 Å². The van der Waals surface area contributed by atoms with Crippen LogP contribution >= 0.6 is 0 Å². The van der Waals surface area contributed by atoms with Gasteiger partial charge in [-0.05, 0) is 24.3 Å². The van der Waals surface area contributed by atoms with Gasteiger partial charge in [-0.25, -0.2) is 16.8 Å². The largest absolute Gasteiger partial charge is 2.00 e. The Kier molecular flexibility index (Phi) is 12.4. The van der Waals surface area contributed by atoms with E-state index in [-0.39, 0.29) is 47.5 Å². The van der Waals surface area contributed by atoms with Gasteiger partial charge in [-0.3, -0.25) is 0 Å². The molecule has 0 aromatic heterocycles. The molecule has 0 spiro atoms. The molecule has 0 amide bonds. The fourth-order valence-corrected chi connectivity index (χ4v) is 2.54. The number of rotatable bonds is 2. The van der Waals surface area contributed by atoms with Gasteiger partial charge in [0, 0.05) is 0 Å². The summed E-state index contributed by atoms with van der Waals surface area (Å²) in [4.78, 5) is -0.370. The van der Waals surface area contributed by atoms with Crippen LogP contribution in [-0.4, -0.2) is 63.7 Å². The Bertz CT molecular complexity index is 868. The van der Waals surface area contributed by atoms with Crippen molar-refractivity contribution in [3.05, 3.63) is 97.1 Å². The van der Waals surface area contributed by atoms with E-state index in [4.69, 9.17) is 0 Å². The van der Waals surface area contributed by atoms with Crippen molar-refractivity contribution in [1.82, 2.24) is 0 Å². The summed E-state index contributed by atoms with van der Waals surface area (Å²) in [5, 5.41) is 0. The molecule has 0 saturated heterocycles. The molecule has 0 aliphatic carbocycles. The molecule has 0 atom stereocenters. The van der Waals surface area contributed by atoms with Crippen LogP contribution in [0.15, 0.2) is 107 Å². The minimum absolute atomic E-state index is 0. The Morgan fingerprint density at radius 2 is 0.630 bits per heavy atom. The minimum Gasteiger partial charge on any atom is -0.744 e. The van der Waals surface area contributed by atoms with Gasteiger partial charge in [-0.1, -0.05) is 72.8 Å². The van der Waals surface area contributed by atoms with Gasteiger partial charge >= 0.3 is 37.7 Å². The maximum Gasteiger partial charge on any atom is 2.00 e. The van der Waals surface area contributed by atoms with Gasteiger partial charge in [0.15, 0.2) is 0 Å². The molecule has 27 heavy (non-hydrogen) atoms. The third kappa shape index (κ3) is 11.9. The monoisotopic (exact) mass is 432 g/mol. The summed E-state index contributed by atoms with van der Waals surface area (Å²) >= 11 is 0. The Balaban J connectivity index is 0.000000380. The Morgan fingerprint density at radius 3 is 0.778 bits per heavy atom. The minimum atomic E-state index is -4.25. The van der Waals surface area contributed by atoms with E-state index in [1.165, 1.54) is 48.5 Å². The average molecular weight is 433 g/mol. The van der Waals surface area contributed by atoms with Crippen LogP contribution in [0, 0.1) is 0 Å². The van der Waals surface area contributed by atoms with E-state index in [9.17, 15) is 25.9 Å². The fraction of sp³-hybridized carbons (Fsp3) is 0. The maximum atomic E-state index is 10.3. The Morgan fingerprint density at radius 1 is 0.444 bits per heavy atom. The van der Waals surface area contributed by atoms with Gasteiger partial charge in [0.1, 0.15) is 20.2 Å². The van der Waals surface area contributed by atoms with Gasteiger partial charge in [0.2, 0.25) is 0 Å². The molecule has 0 aliphatic rings. The second-order valence-corrected chi connectivity index (χ2v) is 7.45. The molecule has 0 saturated carbocycles. The first kappa shape index (κ1) is 25.7. The molecule has 0 radical (unpaired) electrons. The summed E-state index contributed by atoms with van der Waals surface area (Å²) in [6.07, 6.45) is 0. The summed E-state index contributed by atoms with van der Waals surface area (Å²) in [6, 6.07) is 26.4. The smallest absolute Gasteiger partial charge is 0.744 e. The molecule has 3 rings (SSSR count). The molecular weight excluding hydrogens is 416 g/mol. The van der Waals surface area contributed by atoms with Crippen molar-refractivity contribution < 1.29 is 25.9 Å². The predicted molar refractivity (Wildman–Crippen MR) is 101 cm³/mol. The molecule has 0 aliphatic heterocycles. The summed E-state index contributed by atoms with van der Waals surface area (Å²) in [5.41, 5.74) is 0. The topological polar surface area (TPSA) is 114 Å². The van der Waals surface area contributed by atoms with Crippen molar-refractivity contribution in [2.24, 2.45) is 0 Å². The van der Waals surface area contributed by atoms with Crippen LogP contribution in [-0.2, 0) is 20.2 Å². The van der Waals surface area contributed by atoms with Gasteiger partial charge in [0.05, 0.1) is 9.79 Å². The molecule has 0 unspecified atom stereocenters. The zero-order chi connectivity index (χ0) is 19.5. The second kappa shape index (κ2) is 13.0. The molecule has 0 fully saturated rings. The van der Waals surface area contributed by atoms with Crippen LogP contribution in [0.3, 0.4) is 0 Å². The second-order valence-electron chi connectivity index (χ2n) is 4.69. The molecular formula is C18H16CaO6S2. The number of hydrogen-bond acceptors (Lipinski definition) is 6. The quantitative estimate of drug-likeness (QED) is 0.454. The average Bonchev–Trinajstić information content (AvgIpc) is 2.64. The third-order valence-electron chi connectivity index (χ3n) is 2.73. The maximum absolute atomic E-state index is 10.3. The van der Waals surface area contributed by atoms with Crippen molar-refractivity contribution in [3.8, 4) is 0 Å². The van der Waals surface area contributed by atoms with Crippen molar-refractivity contribution in [1.29, 1.82) is 0 Å². The van der Waals surface area contributed by atoms with E-state index in [0.717, 1.165) is 0 Å². The van der Waals surface area contributed by atoms with E-state index in [0.29, 0.717) is 0 Å². The van der Waals surface area contributed by atoms with Crippen LogP contribution in [0.4, 0.5) is 0 Å². The van der Waals surface area contributed by atoms with E-state index < -0.39 is 20.2 Å². The van der Waals surface area contributed by atoms with Crippen molar-refractivity contribution in [2.75, 3.05) is 0 Å². The van der Waals surface area contributed by atoms with Gasteiger partial charge in [0.25, 0.3) is 0 Å². The van der Waals surface area contributed by atoms with E-state index in [1.54, 1.807) is 12.1 Å². The first-order valence-corrected chi connectivity index (χ1v) is 10.0. The van der Waals surface area contributed by atoms with Gasteiger partial charge in [-0.2, -0.15) is 0 Å². The molecule has 3 aromatic carbocycles. The van der Waals surface area contributed by atoms with Crippen LogP contribution in [0.5, 0.6) is 0 Å². The van der Waals surface area contributed by atoms with Gasteiger partial charge in [-0.15, -0.1) is 0 Å². The van der Waals surface area contributed by atoms with E-state index >= 15 is 0 Å². The molecule has 138 valence electrons. The standard InChI is InChI=1S/2C6H6O3S.C6H6.Ca/c2*7-10(8,9)6-4-2-1-3-5-6;1-2-4-6-5-3-1;/h2*1-5H,(H,7,8,9);1-6H;/q;;;+2/p-2. The van der Waals surface area contributed by atoms with Crippen LogP contribution in [0.25, 0.3) is 0 Å². The first-order valence-electron chi connectivity index (χ1n) is 7.23. The molecule has 0 heterocycles. The summed E-state index contributed by atoms with van der Waals surface area (Å²) < 4.78 is 61.7. The molecule has 9 heteroatoms. The van der Waals surface area contributed by atoms with Crippen LogP contribution in [0.2, 0.25) is 0 Å². The van der Waals surface area contributed by atoms with Crippen molar-refractivity contribution >= 4 is 58.0 Å². The fourth-order valence-electron chi connectivity index (χ4n) is 1.56. The Hall–Kier alpha value is -1.26. The van der Waals surface area contributed by atoms with Crippen molar-refractivity contribution in [3.63, 3.8) is 0 Å². The summed E-state index contributed by atoms with van der Waals surface area (Å²) in [7, 11) is -8.51. The summed E-state index contributed by atoms with van der Waals surface area (Å²) in [5.74, 6) is 0. The van der Waals surface area contributed by atoms with E-state index in [2.05, 4.69) is 0 Å².